The molecule has 0 amide bonds. The Morgan fingerprint density at radius 2 is 1.12 bits per heavy atom. The van der Waals surface area contributed by atoms with E-state index in [-0.39, 0.29) is 6.61 Å². The van der Waals surface area contributed by atoms with Crippen molar-refractivity contribution in [3.63, 3.8) is 0 Å². The summed E-state index contributed by atoms with van der Waals surface area (Å²) < 4.78 is 36.7. The molecule has 3 aromatic rings. The summed E-state index contributed by atoms with van der Waals surface area (Å²) in [4.78, 5) is 13.3. The standard InChI is InChI=1S/C28H32B2O7.2C2H6/c1-25(2)26(3,4)35-29(34-25)16-10-12-19-21(13-16)32-15-20-18-11-9-17(14-22(18)33-24(31)23(19)20)30-36-27(5,6)28(7,8)37-30;2*1-2/h9-14H,15H2,1-8H3;2*1-2H3. The smallest absolute Gasteiger partial charge is 0.488 e. The van der Waals surface area contributed by atoms with Crippen LogP contribution in [0.3, 0.4) is 0 Å². The van der Waals surface area contributed by atoms with Gasteiger partial charge in [-0.15, -0.1) is 0 Å². The van der Waals surface area contributed by atoms with Crippen LogP contribution in [0.2, 0.25) is 0 Å². The summed E-state index contributed by atoms with van der Waals surface area (Å²) >= 11 is 0. The van der Waals surface area contributed by atoms with Crippen LogP contribution in [0.25, 0.3) is 22.1 Å². The summed E-state index contributed by atoms with van der Waals surface area (Å²) in [6.07, 6.45) is 0. The highest BCUT2D eigenvalue weighted by molar-refractivity contribution is 6.62. The van der Waals surface area contributed by atoms with E-state index in [4.69, 9.17) is 27.8 Å². The van der Waals surface area contributed by atoms with Crippen LogP contribution in [0.15, 0.2) is 45.6 Å². The minimum absolute atomic E-state index is 0.257. The van der Waals surface area contributed by atoms with Crippen LogP contribution >= 0.6 is 0 Å². The molecule has 6 rings (SSSR count). The molecular formula is C32H44B2O7. The lowest BCUT2D eigenvalue weighted by Crippen LogP contribution is -2.41. The van der Waals surface area contributed by atoms with E-state index in [2.05, 4.69) is 0 Å². The maximum atomic E-state index is 13.3. The number of ether oxygens (including phenoxy) is 1. The van der Waals surface area contributed by atoms with Crippen molar-refractivity contribution in [1.29, 1.82) is 0 Å². The van der Waals surface area contributed by atoms with Gasteiger partial charge in [-0.2, -0.15) is 0 Å². The molecule has 9 heteroatoms. The van der Waals surface area contributed by atoms with Gasteiger partial charge in [-0.3, -0.25) is 0 Å². The SMILES string of the molecule is CC.CC.CC1(C)OB(c2ccc3c(c2)OCc2c-3c(=O)oc3cc(B4OC(C)(C)C(C)(C)O4)ccc23)OC1(C)C. The van der Waals surface area contributed by atoms with Crippen LogP contribution < -0.4 is 21.3 Å². The van der Waals surface area contributed by atoms with Crippen molar-refractivity contribution in [2.24, 2.45) is 0 Å². The summed E-state index contributed by atoms with van der Waals surface area (Å²) in [6.45, 7) is 24.4. The summed E-state index contributed by atoms with van der Waals surface area (Å²) in [5.74, 6) is 0.611. The van der Waals surface area contributed by atoms with Crippen molar-refractivity contribution < 1.29 is 27.8 Å². The molecule has 0 radical (unpaired) electrons. The molecule has 2 fully saturated rings. The molecule has 0 atom stereocenters. The number of hydrogen-bond acceptors (Lipinski definition) is 7. The predicted octanol–water partition coefficient (Wildman–Crippen LogP) is 6.00. The average molecular weight is 562 g/mol. The molecular weight excluding hydrogens is 518 g/mol. The van der Waals surface area contributed by atoms with Gasteiger partial charge in [0.05, 0.1) is 28.0 Å². The van der Waals surface area contributed by atoms with E-state index in [9.17, 15) is 4.79 Å². The molecule has 0 aliphatic carbocycles. The number of benzene rings is 2. The zero-order chi connectivity index (χ0) is 30.5. The molecule has 0 spiro atoms. The van der Waals surface area contributed by atoms with Gasteiger partial charge >= 0.3 is 19.9 Å². The fraction of sp³-hybridized carbons (Fsp3) is 0.531. The molecule has 1 aromatic heterocycles. The van der Waals surface area contributed by atoms with Crippen molar-refractivity contribution in [2.45, 2.75) is 112 Å². The van der Waals surface area contributed by atoms with Gasteiger partial charge in [-0.1, -0.05) is 52.0 Å². The number of rotatable bonds is 2. The lowest BCUT2D eigenvalue weighted by molar-refractivity contribution is 0.00578. The minimum atomic E-state index is -0.541. The molecule has 41 heavy (non-hydrogen) atoms. The molecule has 4 heterocycles. The molecule has 7 nitrogen and oxygen atoms in total. The normalized spacial score (nSPS) is 20.7. The third-order valence-corrected chi connectivity index (χ3v) is 8.74. The number of hydrogen-bond donors (Lipinski definition) is 0. The Bertz CT molecular complexity index is 1460. The molecule has 3 aliphatic heterocycles. The third-order valence-electron chi connectivity index (χ3n) is 8.74. The van der Waals surface area contributed by atoms with E-state index in [1.165, 1.54) is 0 Å². The van der Waals surface area contributed by atoms with Gasteiger partial charge in [0.25, 0.3) is 0 Å². The van der Waals surface area contributed by atoms with E-state index in [1.807, 2.05) is 119 Å². The van der Waals surface area contributed by atoms with Gasteiger partial charge in [0.2, 0.25) is 0 Å². The van der Waals surface area contributed by atoms with Crippen molar-refractivity contribution in [2.75, 3.05) is 0 Å². The average Bonchev–Trinajstić information content (AvgIpc) is 3.29. The quantitative estimate of drug-likeness (QED) is 0.280. The Balaban J connectivity index is 0.000000929. The van der Waals surface area contributed by atoms with Crippen LogP contribution in [0.1, 0.15) is 88.6 Å². The second kappa shape index (κ2) is 10.9. The first kappa shape index (κ1) is 31.4. The monoisotopic (exact) mass is 562 g/mol. The van der Waals surface area contributed by atoms with E-state index >= 15 is 0 Å². The molecule has 0 bridgehead atoms. The molecule has 0 unspecified atom stereocenters. The van der Waals surface area contributed by atoms with Crippen molar-refractivity contribution in [3.05, 3.63) is 52.4 Å². The van der Waals surface area contributed by atoms with Crippen molar-refractivity contribution in [1.82, 2.24) is 0 Å². The van der Waals surface area contributed by atoms with Crippen LogP contribution in [0.5, 0.6) is 5.75 Å². The fourth-order valence-electron chi connectivity index (χ4n) is 4.97. The first-order valence-corrected chi connectivity index (χ1v) is 14.8. The van der Waals surface area contributed by atoms with Gasteiger partial charge in [-0.05, 0) is 78.4 Å². The lowest BCUT2D eigenvalue weighted by Gasteiger charge is -2.32. The van der Waals surface area contributed by atoms with E-state index < -0.39 is 42.3 Å². The predicted molar refractivity (Wildman–Crippen MR) is 166 cm³/mol. The van der Waals surface area contributed by atoms with Crippen LogP contribution in [-0.2, 0) is 25.2 Å². The highest BCUT2D eigenvalue weighted by Crippen LogP contribution is 2.41. The summed E-state index contributed by atoms with van der Waals surface area (Å²) in [5, 5.41) is 0.829. The first-order chi connectivity index (χ1) is 19.2. The van der Waals surface area contributed by atoms with Crippen molar-refractivity contribution in [3.8, 4) is 16.9 Å². The van der Waals surface area contributed by atoms with Gasteiger partial charge in [0, 0.05) is 16.5 Å². The second-order valence-corrected chi connectivity index (χ2v) is 12.2. The van der Waals surface area contributed by atoms with Crippen LogP contribution in [0, 0.1) is 0 Å². The Kier molecular flexibility index (Phi) is 8.35. The highest BCUT2D eigenvalue weighted by Gasteiger charge is 2.53. The molecule has 0 N–H and O–H groups in total. The fourth-order valence-corrected chi connectivity index (χ4v) is 4.97. The van der Waals surface area contributed by atoms with Crippen molar-refractivity contribution >= 4 is 36.1 Å². The topological polar surface area (TPSA) is 76.4 Å². The summed E-state index contributed by atoms with van der Waals surface area (Å²) in [7, 11) is -1.05. The first-order valence-electron chi connectivity index (χ1n) is 14.8. The zero-order valence-corrected chi connectivity index (χ0v) is 26.7. The van der Waals surface area contributed by atoms with E-state index in [0.29, 0.717) is 22.5 Å². The number of fused-ring (bicyclic) bond motifs is 5. The van der Waals surface area contributed by atoms with Gasteiger partial charge in [0.1, 0.15) is 17.9 Å². The van der Waals surface area contributed by atoms with Gasteiger partial charge in [-0.25, -0.2) is 4.79 Å². The maximum Gasteiger partial charge on any atom is 0.494 e. The molecule has 2 aromatic carbocycles. The van der Waals surface area contributed by atoms with Gasteiger partial charge < -0.3 is 27.8 Å². The summed E-state index contributed by atoms with van der Waals surface area (Å²) in [5.41, 5.74) is 1.96. The lowest BCUT2D eigenvalue weighted by atomic mass is 9.77. The Morgan fingerprint density at radius 3 is 1.63 bits per heavy atom. The molecule has 0 saturated carbocycles. The highest BCUT2D eigenvalue weighted by atomic mass is 16.7. The molecule has 220 valence electrons. The van der Waals surface area contributed by atoms with E-state index in [1.54, 1.807) is 0 Å². The minimum Gasteiger partial charge on any atom is -0.488 e. The maximum absolute atomic E-state index is 13.3. The second-order valence-electron chi connectivity index (χ2n) is 12.2. The van der Waals surface area contributed by atoms with Crippen LogP contribution in [-0.4, -0.2) is 36.6 Å². The summed E-state index contributed by atoms with van der Waals surface area (Å²) in [6, 6.07) is 11.4. The van der Waals surface area contributed by atoms with Crippen LogP contribution in [0.4, 0.5) is 0 Å². The molecule has 2 saturated heterocycles. The Morgan fingerprint density at radius 1 is 0.659 bits per heavy atom. The zero-order valence-electron chi connectivity index (χ0n) is 26.7. The van der Waals surface area contributed by atoms with E-state index in [0.717, 1.165) is 21.9 Å². The third kappa shape index (κ3) is 5.27. The molecule has 3 aliphatic rings. The Hall–Kier alpha value is -2.58. The Labute approximate surface area is 245 Å². The largest absolute Gasteiger partial charge is 0.494 e. The van der Waals surface area contributed by atoms with Gasteiger partial charge in [0.15, 0.2) is 0 Å².